The summed E-state index contributed by atoms with van der Waals surface area (Å²) in [6.07, 6.45) is 3.11. The summed E-state index contributed by atoms with van der Waals surface area (Å²) in [5, 5.41) is 3.89. The van der Waals surface area contributed by atoms with Gasteiger partial charge in [-0.25, -0.2) is 4.98 Å². The zero-order chi connectivity index (χ0) is 11.1. The van der Waals surface area contributed by atoms with Gasteiger partial charge in [-0.15, -0.1) is 0 Å². The maximum atomic E-state index is 6.13. The van der Waals surface area contributed by atoms with Gasteiger partial charge in [0.25, 0.3) is 0 Å². The Bertz CT molecular complexity index is 528. The Kier molecular flexibility index (Phi) is 2.37. The molecule has 0 atom stereocenters. The number of rotatable bonds is 2. The zero-order valence-corrected chi connectivity index (χ0v) is 9.96. The van der Waals surface area contributed by atoms with Gasteiger partial charge in [0.2, 0.25) is 0 Å². The van der Waals surface area contributed by atoms with Crippen LogP contribution in [0.2, 0.25) is 5.15 Å². The van der Waals surface area contributed by atoms with Gasteiger partial charge in [0.05, 0.1) is 5.52 Å². The Morgan fingerprint density at radius 3 is 3.00 bits per heavy atom. The van der Waals surface area contributed by atoms with E-state index in [1.54, 1.807) is 0 Å². The minimum absolute atomic E-state index is 0.613. The van der Waals surface area contributed by atoms with E-state index in [0.717, 1.165) is 30.9 Å². The Hall–Kier alpha value is -1.06. The summed E-state index contributed by atoms with van der Waals surface area (Å²) in [5.41, 5.74) is 2.24. The van der Waals surface area contributed by atoms with Crippen LogP contribution in [0.15, 0.2) is 18.3 Å². The number of hydrogen-bond acceptors (Lipinski definition) is 2. The van der Waals surface area contributed by atoms with E-state index in [4.69, 9.17) is 11.6 Å². The second-order valence-electron chi connectivity index (χ2n) is 4.51. The molecule has 1 fully saturated rings. The van der Waals surface area contributed by atoms with Crippen LogP contribution in [-0.4, -0.2) is 22.5 Å². The highest BCUT2D eigenvalue weighted by atomic mass is 35.5. The fourth-order valence-electron chi connectivity index (χ4n) is 2.11. The number of aromatic nitrogens is 2. The number of aryl methyl sites for hydroxylation is 1. The van der Waals surface area contributed by atoms with Gasteiger partial charge in [-0.1, -0.05) is 17.7 Å². The third-order valence-electron chi connectivity index (χ3n) is 3.15. The molecule has 0 amide bonds. The summed E-state index contributed by atoms with van der Waals surface area (Å²) in [5.74, 6) is 1.79. The van der Waals surface area contributed by atoms with E-state index < -0.39 is 0 Å². The normalized spacial score (nSPS) is 16.6. The summed E-state index contributed by atoms with van der Waals surface area (Å²) >= 11 is 6.13. The van der Waals surface area contributed by atoms with Crippen LogP contribution >= 0.6 is 11.6 Å². The number of hydrogen-bond donors (Lipinski definition) is 1. The fraction of sp³-hybridized carbons (Fsp3) is 0.417. The van der Waals surface area contributed by atoms with Gasteiger partial charge in [-0.2, -0.15) is 0 Å². The maximum absolute atomic E-state index is 6.13. The molecular weight excluding hydrogens is 222 g/mol. The highest BCUT2D eigenvalue weighted by Gasteiger charge is 2.20. The van der Waals surface area contributed by atoms with Gasteiger partial charge in [-0.05, 0) is 37.6 Å². The molecule has 0 radical (unpaired) electrons. The van der Waals surface area contributed by atoms with Crippen LogP contribution < -0.4 is 5.32 Å². The largest absolute Gasteiger partial charge is 0.316 e. The first-order valence-corrected chi connectivity index (χ1v) is 5.95. The molecule has 1 aliphatic heterocycles. The van der Waals surface area contributed by atoms with Crippen molar-refractivity contribution in [2.24, 2.45) is 5.92 Å². The van der Waals surface area contributed by atoms with Gasteiger partial charge in [-0.3, -0.25) is 0 Å². The molecule has 1 N–H and O–H groups in total. The summed E-state index contributed by atoms with van der Waals surface area (Å²) < 4.78 is 2.12. The first kappa shape index (κ1) is 10.1. The topological polar surface area (TPSA) is 29.3 Å². The average Bonchev–Trinajstić information content (AvgIpc) is 2.49. The lowest BCUT2D eigenvalue weighted by Gasteiger charge is -2.26. The number of halogens is 1. The van der Waals surface area contributed by atoms with Crippen LogP contribution in [0.25, 0.3) is 5.52 Å². The first-order valence-electron chi connectivity index (χ1n) is 5.58. The van der Waals surface area contributed by atoms with Gasteiger partial charge in [0.15, 0.2) is 5.15 Å². The van der Waals surface area contributed by atoms with Crippen molar-refractivity contribution in [1.29, 1.82) is 0 Å². The second kappa shape index (κ2) is 3.75. The van der Waals surface area contributed by atoms with Gasteiger partial charge >= 0.3 is 0 Å². The molecule has 3 nitrogen and oxygen atoms in total. The van der Waals surface area contributed by atoms with Crippen molar-refractivity contribution in [3.05, 3.63) is 34.9 Å². The molecule has 0 spiro atoms. The maximum Gasteiger partial charge on any atom is 0.155 e. The molecule has 0 aliphatic carbocycles. The van der Waals surface area contributed by atoms with Crippen LogP contribution in [-0.2, 0) is 6.42 Å². The summed E-state index contributed by atoms with van der Waals surface area (Å²) in [7, 11) is 0. The predicted octanol–water partition coefficient (Wildman–Crippen LogP) is 2.06. The molecule has 84 valence electrons. The highest BCUT2D eigenvalue weighted by Crippen LogP contribution is 2.21. The minimum Gasteiger partial charge on any atom is -0.316 e. The predicted molar refractivity (Wildman–Crippen MR) is 65.0 cm³/mol. The third kappa shape index (κ3) is 1.60. The van der Waals surface area contributed by atoms with E-state index >= 15 is 0 Å². The Morgan fingerprint density at radius 2 is 2.31 bits per heavy atom. The highest BCUT2D eigenvalue weighted by molar-refractivity contribution is 6.32. The van der Waals surface area contributed by atoms with Crippen molar-refractivity contribution in [3.63, 3.8) is 0 Å². The van der Waals surface area contributed by atoms with Crippen LogP contribution in [0.4, 0.5) is 0 Å². The van der Waals surface area contributed by atoms with Crippen molar-refractivity contribution < 1.29 is 0 Å². The molecule has 0 saturated carbocycles. The second-order valence-corrected chi connectivity index (χ2v) is 4.87. The molecular formula is C12H14ClN3. The van der Waals surface area contributed by atoms with Crippen molar-refractivity contribution in [2.75, 3.05) is 13.1 Å². The molecule has 2 aromatic heterocycles. The lowest BCUT2D eigenvalue weighted by molar-refractivity contribution is 0.340. The third-order valence-corrected chi connectivity index (χ3v) is 3.43. The van der Waals surface area contributed by atoms with Gasteiger partial charge < -0.3 is 9.72 Å². The Labute approximate surface area is 99.4 Å². The fourth-order valence-corrected chi connectivity index (χ4v) is 2.36. The number of nitrogens with zero attached hydrogens (tertiary/aromatic N) is 2. The molecule has 16 heavy (non-hydrogen) atoms. The molecule has 3 rings (SSSR count). The number of fused-ring (bicyclic) bond motifs is 1. The smallest absolute Gasteiger partial charge is 0.155 e. The summed E-state index contributed by atoms with van der Waals surface area (Å²) in [6, 6.07) is 4.10. The van der Waals surface area contributed by atoms with E-state index in [0.29, 0.717) is 11.1 Å². The number of pyridine rings is 1. The van der Waals surface area contributed by atoms with Gasteiger partial charge in [0.1, 0.15) is 5.82 Å². The summed E-state index contributed by atoms with van der Waals surface area (Å²) in [6.45, 7) is 4.28. The van der Waals surface area contributed by atoms with Crippen LogP contribution in [0.5, 0.6) is 0 Å². The van der Waals surface area contributed by atoms with Crippen molar-refractivity contribution >= 4 is 17.1 Å². The molecule has 4 heteroatoms. The monoisotopic (exact) mass is 235 g/mol. The lowest BCUT2D eigenvalue weighted by atomic mass is 9.99. The molecule has 1 saturated heterocycles. The molecule has 1 aliphatic rings. The molecule has 0 bridgehead atoms. The zero-order valence-electron chi connectivity index (χ0n) is 9.20. The molecule has 0 aromatic carbocycles. The number of nitrogens with one attached hydrogen (secondary N) is 1. The Morgan fingerprint density at radius 1 is 1.50 bits per heavy atom. The molecule has 3 heterocycles. The van der Waals surface area contributed by atoms with Crippen molar-refractivity contribution in [3.8, 4) is 0 Å². The molecule has 2 aromatic rings. The van der Waals surface area contributed by atoms with Crippen LogP contribution in [0.3, 0.4) is 0 Å². The lowest BCUT2D eigenvalue weighted by Crippen LogP contribution is -2.43. The van der Waals surface area contributed by atoms with E-state index in [-0.39, 0.29) is 0 Å². The standard InChI is InChI=1S/C12H14ClN3/c1-8-2-3-10-12(13)15-11(16(10)7-8)4-9-5-14-6-9/h2-3,7,9,14H,4-6H2,1H3. The Balaban J connectivity index is 2.05. The average molecular weight is 236 g/mol. The van der Waals surface area contributed by atoms with Crippen molar-refractivity contribution in [2.45, 2.75) is 13.3 Å². The SMILES string of the molecule is Cc1ccc2c(Cl)nc(CC3CNC3)n2c1. The summed E-state index contributed by atoms with van der Waals surface area (Å²) in [4.78, 5) is 4.45. The van der Waals surface area contributed by atoms with E-state index in [1.165, 1.54) is 5.56 Å². The quantitative estimate of drug-likeness (QED) is 0.864. The van der Waals surface area contributed by atoms with E-state index in [9.17, 15) is 0 Å². The van der Waals surface area contributed by atoms with Crippen molar-refractivity contribution in [1.82, 2.24) is 14.7 Å². The van der Waals surface area contributed by atoms with E-state index in [1.807, 2.05) is 6.07 Å². The van der Waals surface area contributed by atoms with Crippen LogP contribution in [0.1, 0.15) is 11.4 Å². The number of imidazole rings is 1. The molecule has 0 unspecified atom stereocenters. The van der Waals surface area contributed by atoms with Gasteiger partial charge in [0, 0.05) is 12.6 Å². The van der Waals surface area contributed by atoms with Crippen LogP contribution in [0, 0.1) is 12.8 Å². The first-order chi connectivity index (χ1) is 7.74. The minimum atomic E-state index is 0.613. The van der Waals surface area contributed by atoms with E-state index in [2.05, 4.69) is 33.9 Å².